The van der Waals surface area contributed by atoms with Crippen LogP contribution in [0.4, 0.5) is 0 Å². The number of carbonyl (C=O) groups is 1. The molecule has 1 heteroatoms. The molecule has 3 aromatic carbocycles. The lowest BCUT2D eigenvalue weighted by molar-refractivity contribution is -0.121. The highest BCUT2D eigenvalue weighted by Gasteiger charge is 2.23. The highest BCUT2D eigenvalue weighted by molar-refractivity contribution is 6.08. The maximum atomic E-state index is 11.6. The normalized spacial score (nSPS) is 17.9. The van der Waals surface area contributed by atoms with E-state index in [-0.39, 0.29) is 5.92 Å². The molecule has 1 unspecified atom stereocenters. The summed E-state index contributed by atoms with van der Waals surface area (Å²) in [6, 6.07) is 17.5. The Morgan fingerprint density at radius 1 is 0.952 bits per heavy atom. The fraction of sp³-hybridized carbons (Fsp3) is 0.250. The van der Waals surface area contributed by atoms with E-state index >= 15 is 0 Å². The van der Waals surface area contributed by atoms with Gasteiger partial charge in [0.1, 0.15) is 5.78 Å². The van der Waals surface area contributed by atoms with Gasteiger partial charge in [0, 0.05) is 5.92 Å². The second-order valence-electron chi connectivity index (χ2n) is 6.14. The summed E-state index contributed by atoms with van der Waals surface area (Å²) in [6.07, 6.45) is 2.93. The van der Waals surface area contributed by atoms with Crippen LogP contribution in [0.3, 0.4) is 0 Å². The van der Waals surface area contributed by atoms with Gasteiger partial charge in [-0.05, 0) is 58.9 Å². The molecule has 0 bridgehead atoms. The Labute approximate surface area is 124 Å². The van der Waals surface area contributed by atoms with Gasteiger partial charge in [-0.3, -0.25) is 4.79 Å². The van der Waals surface area contributed by atoms with Crippen molar-refractivity contribution in [2.45, 2.75) is 26.2 Å². The molecule has 1 aliphatic carbocycles. The third-order valence-corrected chi connectivity index (χ3v) is 4.92. The lowest BCUT2D eigenvalue weighted by Crippen LogP contribution is -2.20. The van der Waals surface area contributed by atoms with Crippen LogP contribution in [0.15, 0.2) is 48.5 Å². The molecule has 0 fully saturated rings. The van der Waals surface area contributed by atoms with Crippen LogP contribution in [0.1, 0.15) is 24.5 Å². The minimum absolute atomic E-state index is 0.218. The van der Waals surface area contributed by atoms with Crippen molar-refractivity contribution < 1.29 is 4.79 Å². The Morgan fingerprint density at radius 2 is 1.76 bits per heavy atom. The van der Waals surface area contributed by atoms with Gasteiger partial charge in [0.2, 0.25) is 0 Å². The first-order chi connectivity index (χ1) is 10.2. The molecule has 1 atom stereocenters. The van der Waals surface area contributed by atoms with Gasteiger partial charge in [0.15, 0.2) is 0 Å². The third-order valence-electron chi connectivity index (χ3n) is 4.92. The molecule has 0 N–H and O–H groups in total. The zero-order valence-corrected chi connectivity index (χ0v) is 12.2. The number of Topliss-reactive ketones (excluding diaryl/α,β-unsaturated/α-hetero) is 1. The van der Waals surface area contributed by atoms with Crippen molar-refractivity contribution in [3.63, 3.8) is 0 Å². The minimum Gasteiger partial charge on any atom is -0.300 e. The average Bonchev–Trinajstić information content (AvgIpc) is 2.53. The van der Waals surface area contributed by atoms with Crippen LogP contribution in [0, 0.1) is 5.92 Å². The zero-order chi connectivity index (χ0) is 14.4. The van der Waals surface area contributed by atoms with Crippen LogP contribution in [-0.2, 0) is 17.6 Å². The molecule has 1 nitrogen and oxygen atoms in total. The first-order valence-electron chi connectivity index (χ1n) is 7.67. The van der Waals surface area contributed by atoms with Crippen molar-refractivity contribution in [2.24, 2.45) is 5.92 Å². The molecule has 0 spiro atoms. The van der Waals surface area contributed by atoms with Gasteiger partial charge < -0.3 is 0 Å². The predicted molar refractivity (Wildman–Crippen MR) is 87.7 cm³/mol. The lowest BCUT2D eigenvalue weighted by atomic mass is 9.79. The van der Waals surface area contributed by atoms with Gasteiger partial charge in [0.25, 0.3) is 0 Å². The Kier molecular flexibility index (Phi) is 2.81. The van der Waals surface area contributed by atoms with E-state index in [2.05, 4.69) is 48.5 Å². The number of hydrogen-bond donors (Lipinski definition) is 0. The topological polar surface area (TPSA) is 17.1 Å². The second kappa shape index (κ2) is 4.70. The molecule has 0 aliphatic heterocycles. The number of ketones is 1. The maximum Gasteiger partial charge on any atom is 0.133 e. The monoisotopic (exact) mass is 274 g/mol. The van der Waals surface area contributed by atoms with E-state index in [9.17, 15) is 4.79 Å². The number of hydrogen-bond acceptors (Lipinski definition) is 1. The summed E-state index contributed by atoms with van der Waals surface area (Å²) in [5.74, 6) is 0.551. The number of carbonyl (C=O) groups excluding carboxylic acids is 1. The van der Waals surface area contributed by atoms with Crippen molar-refractivity contribution in [1.29, 1.82) is 0 Å². The highest BCUT2D eigenvalue weighted by Crippen LogP contribution is 2.34. The fourth-order valence-electron chi connectivity index (χ4n) is 3.72. The first-order valence-corrected chi connectivity index (χ1v) is 7.67. The van der Waals surface area contributed by atoms with Crippen LogP contribution >= 0.6 is 0 Å². The minimum atomic E-state index is 0.218. The molecule has 0 radical (unpaired) electrons. The summed E-state index contributed by atoms with van der Waals surface area (Å²) in [6.45, 7) is 1.73. The van der Waals surface area contributed by atoms with Crippen molar-refractivity contribution >= 4 is 27.3 Å². The molecule has 4 rings (SSSR count). The number of aryl methyl sites for hydroxylation is 1. The van der Waals surface area contributed by atoms with Crippen molar-refractivity contribution in [3.8, 4) is 0 Å². The lowest BCUT2D eigenvalue weighted by Gasteiger charge is -2.24. The summed E-state index contributed by atoms with van der Waals surface area (Å²) >= 11 is 0. The van der Waals surface area contributed by atoms with E-state index in [1.165, 1.54) is 32.7 Å². The summed E-state index contributed by atoms with van der Waals surface area (Å²) in [5, 5.41) is 5.33. The van der Waals surface area contributed by atoms with E-state index in [0.717, 1.165) is 19.3 Å². The van der Waals surface area contributed by atoms with Crippen LogP contribution in [0.5, 0.6) is 0 Å². The average molecular weight is 274 g/mol. The number of fused-ring (bicyclic) bond motifs is 5. The van der Waals surface area contributed by atoms with Crippen molar-refractivity contribution in [3.05, 3.63) is 59.7 Å². The standard InChI is InChI=1S/C20H18O/c1-13(21)15-7-9-18-16(12-15)8-11-19-17-5-3-2-4-14(17)6-10-20(18)19/h2-6,8,10-11,15H,7,9,12H2,1H3. The van der Waals surface area contributed by atoms with Crippen molar-refractivity contribution in [1.82, 2.24) is 0 Å². The number of rotatable bonds is 1. The Morgan fingerprint density at radius 3 is 2.62 bits per heavy atom. The van der Waals surface area contributed by atoms with Gasteiger partial charge in [-0.15, -0.1) is 0 Å². The van der Waals surface area contributed by atoms with Crippen LogP contribution < -0.4 is 0 Å². The molecule has 104 valence electrons. The Hall–Kier alpha value is -2.15. The van der Waals surface area contributed by atoms with Gasteiger partial charge in [-0.2, -0.15) is 0 Å². The smallest absolute Gasteiger partial charge is 0.133 e. The van der Waals surface area contributed by atoms with Gasteiger partial charge in [-0.1, -0.05) is 48.5 Å². The molecule has 3 aromatic rings. The summed E-state index contributed by atoms with van der Waals surface area (Å²) in [5.41, 5.74) is 2.82. The summed E-state index contributed by atoms with van der Waals surface area (Å²) < 4.78 is 0. The van der Waals surface area contributed by atoms with E-state index in [1.807, 2.05) is 0 Å². The second-order valence-corrected chi connectivity index (χ2v) is 6.14. The molecule has 0 heterocycles. The molecule has 0 aromatic heterocycles. The third kappa shape index (κ3) is 1.96. The summed E-state index contributed by atoms with van der Waals surface area (Å²) in [7, 11) is 0. The Balaban J connectivity index is 1.95. The van der Waals surface area contributed by atoms with Gasteiger partial charge >= 0.3 is 0 Å². The van der Waals surface area contributed by atoms with Gasteiger partial charge in [0.05, 0.1) is 0 Å². The molecule has 0 amide bonds. The molecule has 0 saturated heterocycles. The SMILES string of the molecule is CC(=O)C1CCc2c(ccc3c2ccc2ccccc23)C1. The van der Waals surface area contributed by atoms with E-state index in [4.69, 9.17) is 0 Å². The zero-order valence-electron chi connectivity index (χ0n) is 12.2. The van der Waals surface area contributed by atoms with Crippen LogP contribution in [0.25, 0.3) is 21.5 Å². The van der Waals surface area contributed by atoms with Crippen LogP contribution in [0.2, 0.25) is 0 Å². The molecular weight excluding hydrogens is 256 g/mol. The Bertz CT molecular complexity index is 860. The van der Waals surface area contributed by atoms with Crippen LogP contribution in [-0.4, -0.2) is 5.78 Å². The first kappa shape index (κ1) is 12.6. The van der Waals surface area contributed by atoms with E-state index < -0.39 is 0 Å². The van der Waals surface area contributed by atoms with E-state index in [1.54, 1.807) is 6.92 Å². The molecule has 1 aliphatic rings. The van der Waals surface area contributed by atoms with Gasteiger partial charge in [-0.25, -0.2) is 0 Å². The predicted octanol–water partition coefficient (Wildman–Crippen LogP) is 4.69. The molecular formula is C20H18O. The highest BCUT2D eigenvalue weighted by atomic mass is 16.1. The molecule has 0 saturated carbocycles. The van der Waals surface area contributed by atoms with E-state index in [0.29, 0.717) is 5.78 Å². The quantitative estimate of drug-likeness (QED) is 0.588. The largest absolute Gasteiger partial charge is 0.300 e. The van der Waals surface area contributed by atoms with Crippen molar-refractivity contribution in [2.75, 3.05) is 0 Å². The fourth-order valence-corrected chi connectivity index (χ4v) is 3.72. The number of benzene rings is 3. The molecule has 21 heavy (non-hydrogen) atoms. The maximum absolute atomic E-state index is 11.6. The summed E-state index contributed by atoms with van der Waals surface area (Å²) in [4.78, 5) is 11.6.